The van der Waals surface area contributed by atoms with Crippen LogP contribution in [0.5, 0.6) is 0 Å². The van der Waals surface area contributed by atoms with Crippen LogP contribution in [0.25, 0.3) is 0 Å². The summed E-state index contributed by atoms with van der Waals surface area (Å²) in [7, 11) is 0. The van der Waals surface area contributed by atoms with Gasteiger partial charge in [-0.05, 0) is 304 Å². The Morgan fingerprint density at radius 2 is 0.517 bits per heavy atom. The summed E-state index contributed by atoms with van der Waals surface area (Å²) in [5.74, 6) is 9.28. The van der Waals surface area contributed by atoms with Crippen LogP contribution < -0.4 is 0 Å². The van der Waals surface area contributed by atoms with Gasteiger partial charge >= 0.3 is 17.9 Å². The molecule has 652 valence electrons. The molecule has 0 N–H and O–H groups in total. The Morgan fingerprint density at radius 3 is 0.741 bits per heavy atom. The van der Waals surface area contributed by atoms with E-state index >= 15 is 0 Å². The predicted octanol–water partition coefficient (Wildman–Crippen LogP) is 20.1. The van der Waals surface area contributed by atoms with Crippen LogP contribution in [0.2, 0.25) is 0 Å². The van der Waals surface area contributed by atoms with Crippen LogP contribution in [0.1, 0.15) is 320 Å². The molecule has 0 aromatic heterocycles. The molecule has 0 radical (unpaired) electrons. The third-order valence-electron chi connectivity index (χ3n) is 34.1. The summed E-state index contributed by atoms with van der Waals surface area (Å²) in [6.45, 7) is 40.6. The second kappa shape index (κ2) is 31.7. The molecule has 0 heterocycles. The highest BCUT2D eigenvalue weighted by Crippen LogP contribution is 2.69. The Kier molecular flexibility index (Phi) is 23.3. The van der Waals surface area contributed by atoms with Gasteiger partial charge in [-0.25, -0.2) is 14.4 Å². The highest BCUT2D eigenvalue weighted by Gasteiger charge is 2.71. The van der Waals surface area contributed by atoms with Gasteiger partial charge in [-0.1, -0.05) is 88.0 Å². The smallest absolute Gasteiger partial charge is 0.333 e. The van der Waals surface area contributed by atoms with Gasteiger partial charge in [0.2, 0.25) is 0 Å². The molecule has 12 unspecified atom stereocenters. The van der Waals surface area contributed by atoms with E-state index in [4.69, 9.17) is 71.1 Å². The van der Waals surface area contributed by atoms with Crippen molar-refractivity contribution in [2.75, 3.05) is 80.4 Å². The van der Waals surface area contributed by atoms with Gasteiger partial charge in [-0.2, -0.15) is 0 Å². The van der Waals surface area contributed by atoms with Gasteiger partial charge < -0.3 is 71.1 Å². The van der Waals surface area contributed by atoms with Crippen molar-refractivity contribution in [3.63, 3.8) is 0 Å². The molecular formula is C98H152O18. The molecule has 0 amide bonds. The van der Waals surface area contributed by atoms with Crippen molar-refractivity contribution >= 4 is 17.9 Å². The van der Waals surface area contributed by atoms with E-state index in [2.05, 4.69) is 75.1 Å². The summed E-state index contributed by atoms with van der Waals surface area (Å²) in [5.41, 5.74) is -1.20. The number of fused-ring (bicyclic) bond motifs is 4. The fourth-order valence-electron chi connectivity index (χ4n) is 32.2. The number of hydrogen-bond donors (Lipinski definition) is 0. The van der Waals surface area contributed by atoms with E-state index in [-0.39, 0.29) is 64.7 Å². The van der Waals surface area contributed by atoms with Gasteiger partial charge in [-0.3, -0.25) is 0 Å². The third-order valence-corrected chi connectivity index (χ3v) is 34.1. The Morgan fingerprint density at radius 1 is 0.284 bits per heavy atom. The lowest BCUT2D eigenvalue weighted by Gasteiger charge is -2.64. The standard InChI is InChI=1S/C38H56O6.C34H52O6.C26H44O6/c1-25(2)33(39)44-38-17-32-15-36(19-38,42-23-40-21-34-9-26-3-27(10-34)5-28(4-26)11-34)18-37(16-32,20-38)43-24-41-22-35-12-29-6-30(13-35)8-31(7-29)14-35;1-23(2)29(35)40-34-15-26-13-32(17-34,38-21-36-19-30(3)11-24-5-7-27(30)9-24)16-33(14-26,18-34)39-22-37-20-31(4)12-25-6-8-28(31)10-25;1-19(2)21(27)32-26-11-20-9-24(13-26,30-17-28-15-22(3,4)5)12-25(10-20,14-26)31-18-29-16-23(6,7)8/h26-32H,1,3-24H2,2H3;24-28H,1,5-22H2,2-4H3;20H,1,9-18H2,2-8H3. The second-order valence-corrected chi connectivity index (χ2v) is 48.3. The van der Waals surface area contributed by atoms with Crippen LogP contribution >= 0.6 is 0 Å². The SMILES string of the molecule is C=C(C)C(=O)OC12CC3CC(OCOCC(C)(C)C)(CC(OCOCC(C)(C)C)(C3)C1)C2.C=C(C)C(=O)OC12CC3CC(OCOCC4(C)CC5CCC4C5)(CC(OCOCC4(C)CC5CCC4C5)(C3)C1)C2.C=C(C)C(=O)OC12CC3CC(OCOCC45CC6CC(CC(C6)C4)C5)(CC(OCOCC45CC6CC(CC(C6)C4)C5)(C3)C1)C2. The zero-order chi connectivity index (χ0) is 81.4. The van der Waals surface area contributed by atoms with Crippen molar-refractivity contribution < 1.29 is 85.4 Å². The first kappa shape index (κ1) is 85.3. The lowest BCUT2D eigenvalue weighted by molar-refractivity contribution is -0.312. The van der Waals surface area contributed by atoms with Gasteiger partial charge in [0.25, 0.3) is 0 Å². The Labute approximate surface area is 696 Å². The number of hydrogen-bond acceptors (Lipinski definition) is 18. The molecule has 18 heteroatoms. The summed E-state index contributed by atoms with van der Waals surface area (Å²) in [5, 5.41) is 0. The van der Waals surface area contributed by atoms with E-state index in [1.807, 2.05) is 0 Å². The summed E-state index contributed by atoms with van der Waals surface area (Å²) < 4.78 is 95.7. The Balaban J connectivity index is 0.000000127. The maximum Gasteiger partial charge on any atom is 0.333 e. The van der Waals surface area contributed by atoms with Crippen molar-refractivity contribution in [2.45, 2.75) is 371 Å². The van der Waals surface area contributed by atoms with Crippen molar-refractivity contribution in [1.29, 1.82) is 0 Å². The van der Waals surface area contributed by atoms with Crippen molar-refractivity contribution in [2.24, 2.45) is 109 Å². The van der Waals surface area contributed by atoms with Gasteiger partial charge in [0.05, 0.1) is 73.2 Å². The van der Waals surface area contributed by atoms with E-state index in [0.717, 1.165) is 175 Å². The summed E-state index contributed by atoms with van der Waals surface area (Å²) in [6, 6.07) is 0. The lowest BCUT2D eigenvalue weighted by atomic mass is 9.50. The van der Waals surface area contributed by atoms with Gasteiger partial charge in [0.15, 0.2) is 0 Å². The highest BCUT2D eigenvalue weighted by atomic mass is 16.7. The van der Waals surface area contributed by atoms with E-state index in [1.165, 1.54) is 128 Å². The quantitative estimate of drug-likeness (QED) is 0.0194. The summed E-state index contributed by atoms with van der Waals surface area (Å²) in [6.07, 6.45) is 42.9. The minimum atomic E-state index is -0.580. The van der Waals surface area contributed by atoms with E-state index < -0.39 is 28.0 Å². The molecule has 24 aliphatic carbocycles. The molecule has 24 aliphatic rings. The molecule has 0 saturated heterocycles. The van der Waals surface area contributed by atoms with Gasteiger partial charge in [-0.15, -0.1) is 0 Å². The average Bonchev–Trinajstić information content (AvgIpc) is 1.25. The Bertz CT molecular complexity index is 3380. The monoisotopic (exact) mass is 1620 g/mol. The molecule has 0 aromatic rings. The molecule has 116 heavy (non-hydrogen) atoms. The maximum atomic E-state index is 12.9. The zero-order valence-electron chi connectivity index (χ0n) is 73.8. The number of ether oxygens (including phenoxy) is 15. The maximum absolute atomic E-state index is 12.9. The fraction of sp³-hybridized carbons (Fsp3) is 0.908. The molecule has 18 nitrogen and oxygen atoms in total. The number of carbonyl (C=O) groups excluding carboxylic acids is 3. The largest absolute Gasteiger partial charge is 0.455 e. The minimum Gasteiger partial charge on any atom is -0.455 e. The first-order valence-electron chi connectivity index (χ1n) is 46.7. The van der Waals surface area contributed by atoms with Gasteiger partial charge in [0, 0.05) is 74.5 Å². The molecule has 0 spiro atoms. The number of rotatable bonds is 34. The first-order chi connectivity index (χ1) is 54.8. The van der Waals surface area contributed by atoms with Crippen molar-refractivity contribution in [1.82, 2.24) is 0 Å². The number of carbonyl (C=O) groups is 3. The Hall–Kier alpha value is -2.85. The predicted molar refractivity (Wildman–Crippen MR) is 440 cm³/mol. The van der Waals surface area contributed by atoms with Gasteiger partial charge in [0.1, 0.15) is 57.6 Å². The van der Waals surface area contributed by atoms with Crippen LogP contribution in [0.15, 0.2) is 36.5 Å². The normalized spacial score (nSPS) is 46.3. The minimum absolute atomic E-state index is 0.0811. The van der Waals surface area contributed by atoms with Crippen LogP contribution in [0.3, 0.4) is 0 Å². The van der Waals surface area contributed by atoms with E-state index in [1.54, 1.807) is 20.8 Å². The molecule has 24 fully saturated rings. The molecule has 24 saturated carbocycles. The van der Waals surface area contributed by atoms with Crippen LogP contribution in [0, 0.1) is 109 Å². The lowest BCUT2D eigenvalue weighted by Crippen LogP contribution is -2.68. The second-order valence-electron chi connectivity index (χ2n) is 48.3. The number of esters is 3. The van der Waals surface area contributed by atoms with Crippen LogP contribution in [0.4, 0.5) is 0 Å². The molecular weight excluding hydrogens is 1470 g/mol. The average molecular weight is 1620 g/mol. The van der Waals surface area contributed by atoms with Crippen LogP contribution in [-0.2, 0) is 85.4 Å². The first-order valence-corrected chi connectivity index (χ1v) is 46.7. The van der Waals surface area contributed by atoms with E-state index in [9.17, 15) is 14.4 Å². The topological polar surface area (TPSA) is 190 Å². The zero-order valence-corrected chi connectivity index (χ0v) is 73.8. The van der Waals surface area contributed by atoms with Crippen molar-refractivity contribution in [3.05, 3.63) is 36.5 Å². The third kappa shape index (κ3) is 18.3. The van der Waals surface area contributed by atoms with E-state index in [0.29, 0.717) is 122 Å². The fourth-order valence-corrected chi connectivity index (χ4v) is 32.2. The van der Waals surface area contributed by atoms with Crippen LogP contribution in [-0.4, -0.2) is 149 Å². The highest BCUT2D eigenvalue weighted by molar-refractivity contribution is 5.88. The summed E-state index contributed by atoms with van der Waals surface area (Å²) in [4.78, 5) is 38.2. The molecule has 24 rings (SSSR count). The summed E-state index contributed by atoms with van der Waals surface area (Å²) >= 11 is 0. The molecule has 12 atom stereocenters. The van der Waals surface area contributed by atoms with Crippen molar-refractivity contribution in [3.8, 4) is 0 Å². The molecule has 24 bridgehead atoms. The molecule has 0 aromatic carbocycles. The molecule has 0 aliphatic heterocycles.